The maximum absolute atomic E-state index is 13.4. The fourth-order valence-corrected chi connectivity index (χ4v) is 2.94. The number of esters is 1. The summed E-state index contributed by atoms with van der Waals surface area (Å²) in [4.78, 5) is 13.6. The van der Waals surface area contributed by atoms with Crippen LogP contribution >= 0.6 is 0 Å². The Labute approximate surface area is 152 Å². The molecular formula is C18H26F2N2O4. The van der Waals surface area contributed by atoms with Crippen molar-refractivity contribution < 1.29 is 27.8 Å². The number of nitrogen functional groups attached to an aromatic ring is 1. The Hall–Kier alpha value is -2.09. The average Bonchev–Trinajstić information content (AvgIpc) is 2.58. The first-order valence-electron chi connectivity index (χ1n) is 8.74. The molecule has 0 amide bonds. The van der Waals surface area contributed by atoms with Crippen molar-refractivity contribution in [2.75, 3.05) is 45.7 Å². The summed E-state index contributed by atoms with van der Waals surface area (Å²) in [7, 11) is 1.46. The van der Waals surface area contributed by atoms with Crippen LogP contribution in [-0.4, -0.2) is 56.7 Å². The number of ether oxygens (including phenoxy) is 3. The van der Waals surface area contributed by atoms with Crippen molar-refractivity contribution in [3.05, 3.63) is 17.7 Å². The molecular weight excluding hydrogens is 346 g/mol. The van der Waals surface area contributed by atoms with Crippen molar-refractivity contribution in [1.29, 1.82) is 0 Å². The standard InChI is InChI=1S/C18H26F2N2O4/c1-3-25-17(23)13-10-15(24-2)16(11-14(13)21)26-9-5-8-22-7-4-6-18(19,20)12-22/h10-11H,3-9,12,21H2,1-2H3. The molecule has 0 atom stereocenters. The molecule has 6 nitrogen and oxygen atoms in total. The highest BCUT2D eigenvalue weighted by atomic mass is 19.3. The van der Waals surface area contributed by atoms with Gasteiger partial charge in [0.25, 0.3) is 5.92 Å². The van der Waals surface area contributed by atoms with E-state index in [-0.39, 0.29) is 30.8 Å². The predicted molar refractivity (Wildman–Crippen MR) is 94.1 cm³/mol. The van der Waals surface area contributed by atoms with Crippen LogP contribution in [0.5, 0.6) is 11.5 Å². The average molecular weight is 372 g/mol. The van der Waals surface area contributed by atoms with E-state index in [1.807, 2.05) is 0 Å². The van der Waals surface area contributed by atoms with Crippen LogP contribution < -0.4 is 15.2 Å². The Kier molecular flexibility index (Phi) is 7.02. The van der Waals surface area contributed by atoms with E-state index in [2.05, 4.69) is 0 Å². The number of alkyl halides is 2. The second-order valence-electron chi connectivity index (χ2n) is 6.25. The molecule has 0 bridgehead atoms. The van der Waals surface area contributed by atoms with E-state index in [0.29, 0.717) is 44.0 Å². The number of carbonyl (C=O) groups is 1. The van der Waals surface area contributed by atoms with Crippen molar-refractivity contribution in [2.45, 2.75) is 32.1 Å². The number of likely N-dealkylation sites (tertiary alicyclic amines) is 1. The molecule has 146 valence electrons. The number of hydrogen-bond acceptors (Lipinski definition) is 6. The molecule has 1 aliphatic heterocycles. The van der Waals surface area contributed by atoms with Gasteiger partial charge in [-0.1, -0.05) is 0 Å². The van der Waals surface area contributed by atoms with E-state index in [1.165, 1.54) is 19.2 Å². The van der Waals surface area contributed by atoms with Gasteiger partial charge in [0.2, 0.25) is 0 Å². The Morgan fingerprint density at radius 3 is 2.77 bits per heavy atom. The predicted octanol–water partition coefficient (Wildman–Crippen LogP) is 2.95. The van der Waals surface area contributed by atoms with E-state index in [4.69, 9.17) is 19.9 Å². The Morgan fingerprint density at radius 1 is 1.35 bits per heavy atom. The molecule has 0 saturated carbocycles. The summed E-state index contributed by atoms with van der Waals surface area (Å²) >= 11 is 0. The highest BCUT2D eigenvalue weighted by Crippen LogP contribution is 2.33. The third-order valence-corrected chi connectivity index (χ3v) is 4.18. The number of nitrogens with zero attached hydrogens (tertiary/aromatic N) is 1. The molecule has 1 aromatic carbocycles. The van der Waals surface area contributed by atoms with Gasteiger partial charge in [-0.05, 0) is 26.3 Å². The van der Waals surface area contributed by atoms with Crippen LogP contribution in [0.15, 0.2) is 12.1 Å². The van der Waals surface area contributed by atoms with Crippen molar-refractivity contribution >= 4 is 11.7 Å². The number of piperidine rings is 1. The number of methoxy groups -OCH3 is 1. The zero-order chi connectivity index (χ0) is 19.2. The lowest BCUT2D eigenvalue weighted by molar-refractivity contribution is -0.0645. The lowest BCUT2D eigenvalue weighted by atomic mass is 10.1. The molecule has 2 N–H and O–H groups in total. The Morgan fingerprint density at radius 2 is 2.12 bits per heavy atom. The Balaban J connectivity index is 1.90. The zero-order valence-electron chi connectivity index (χ0n) is 15.2. The van der Waals surface area contributed by atoms with Crippen LogP contribution in [-0.2, 0) is 4.74 Å². The van der Waals surface area contributed by atoms with Gasteiger partial charge in [-0.3, -0.25) is 4.90 Å². The van der Waals surface area contributed by atoms with Crippen LogP contribution in [0.4, 0.5) is 14.5 Å². The van der Waals surface area contributed by atoms with Gasteiger partial charge in [0, 0.05) is 25.1 Å². The first kappa shape index (κ1) is 20.2. The van der Waals surface area contributed by atoms with Crippen LogP contribution in [0.2, 0.25) is 0 Å². The number of halogens is 2. The monoisotopic (exact) mass is 372 g/mol. The summed E-state index contributed by atoms with van der Waals surface area (Å²) in [6, 6.07) is 2.99. The van der Waals surface area contributed by atoms with Gasteiger partial charge in [-0.2, -0.15) is 0 Å². The first-order chi connectivity index (χ1) is 12.4. The minimum atomic E-state index is -2.60. The van der Waals surface area contributed by atoms with Gasteiger partial charge in [-0.15, -0.1) is 0 Å². The number of anilines is 1. The summed E-state index contributed by atoms with van der Waals surface area (Å²) in [6.45, 7) is 3.30. The zero-order valence-corrected chi connectivity index (χ0v) is 15.2. The Bertz CT molecular complexity index is 625. The smallest absolute Gasteiger partial charge is 0.340 e. The molecule has 0 radical (unpaired) electrons. The second-order valence-corrected chi connectivity index (χ2v) is 6.25. The fourth-order valence-electron chi connectivity index (χ4n) is 2.94. The van der Waals surface area contributed by atoms with Gasteiger partial charge >= 0.3 is 5.97 Å². The van der Waals surface area contributed by atoms with Gasteiger partial charge in [0.05, 0.1) is 38.1 Å². The molecule has 1 saturated heterocycles. The minimum absolute atomic E-state index is 0.0384. The fraction of sp³-hybridized carbons (Fsp3) is 0.611. The second kappa shape index (κ2) is 9.02. The lowest BCUT2D eigenvalue weighted by Crippen LogP contribution is -2.43. The van der Waals surface area contributed by atoms with Crippen molar-refractivity contribution in [3.63, 3.8) is 0 Å². The molecule has 2 rings (SSSR count). The molecule has 26 heavy (non-hydrogen) atoms. The maximum Gasteiger partial charge on any atom is 0.340 e. The summed E-state index contributed by atoms with van der Waals surface area (Å²) < 4.78 is 42.6. The number of hydrogen-bond donors (Lipinski definition) is 1. The molecule has 1 aromatic rings. The van der Waals surface area contributed by atoms with E-state index in [9.17, 15) is 13.6 Å². The number of benzene rings is 1. The highest BCUT2D eigenvalue weighted by Gasteiger charge is 2.34. The molecule has 1 aliphatic rings. The molecule has 0 aromatic heterocycles. The van der Waals surface area contributed by atoms with Crippen LogP contribution in [0.1, 0.15) is 36.5 Å². The summed E-state index contributed by atoms with van der Waals surface area (Å²) in [5.41, 5.74) is 6.35. The number of carbonyl (C=O) groups excluding carboxylic acids is 1. The third kappa shape index (κ3) is 5.45. The van der Waals surface area contributed by atoms with E-state index in [1.54, 1.807) is 11.8 Å². The largest absolute Gasteiger partial charge is 0.493 e. The van der Waals surface area contributed by atoms with Crippen molar-refractivity contribution in [2.24, 2.45) is 0 Å². The molecule has 1 heterocycles. The van der Waals surface area contributed by atoms with Crippen molar-refractivity contribution in [1.82, 2.24) is 4.90 Å². The summed E-state index contributed by atoms with van der Waals surface area (Å²) in [5.74, 6) is -2.35. The third-order valence-electron chi connectivity index (χ3n) is 4.18. The van der Waals surface area contributed by atoms with Crippen LogP contribution in [0.25, 0.3) is 0 Å². The highest BCUT2D eigenvalue weighted by molar-refractivity contribution is 5.96. The SMILES string of the molecule is CCOC(=O)c1cc(OC)c(OCCCN2CCCC(F)(F)C2)cc1N. The number of nitrogens with two attached hydrogens (primary N) is 1. The summed E-state index contributed by atoms with van der Waals surface area (Å²) in [5, 5.41) is 0. The molecule has 0 aliphatic carbocycles. The van der Waals surface area contributed by atoms with Gasteiger partial charge in [0.15, 0.2) is 11.5 Å². The number of rotatable bonds is 8. The maximum atomic E-state index is 13.4. The first-order valence-corrected chi connectivity index (χ1v) is 8.74. The van der Waals surface area contributed by atoms with Gasteiger partial charge < -0.3 is 19.9 Å². The topological polar surface area (TPSA) is 74.0 Å². The van der Waals surface area contributed by atoms with E-state index < -0.39 is 11.9 Å². The van der Waals surface area contributed by atoms with Crippen LogP contribution in [0.3, 0.4) is 0 Å². The minimum Gasteiger partial charge on any atom is -0.493 e. The van der Waals surface area contributed by atoms with Crippen LogP contribution in [0, 0.1) is 0 Å². The van der Waals surface area contributed by atoms with Crippen molar-refractivity contribution in [3.8, 4) is 11.5 Å². The quantitative estimate of drug-likeness (QED) is 0.430. The normalized spacial score (nSPS) is 16.9. The molecule has 1 fully saturated rings. The van der Waals surface area contributed by atoms with E-state index in [0.717, 1.165) is 0 Å². The van der Waals surface area contributed by atoms with Gasteiger partial charge in [0.1, 0.15) is 0 Å². The van der Waals surface area contributed by atoms with Gasteiger partial charge in [-0.25, -0.2) is 13.6 Å². The summed E-state index contributed by atoms with van der Waals surface area (Å²) in [6.07, 6.45) is 1.07. The molecule has 0 spiro atoms. The lowest BCUT2D eigenvalue weighted by Gasteiger charge is -2.32. The molecule has 8 heteroatoms. The van der Waals surface area contributed by atoms with E-state index >= 15 is 0 Å². The molecule has 0 unspecified atom stereocenters.